The molecule has 1 saturated carbocycles. The summed E-state index contributed by atoms with van der Waals surface area (Å²) in [5.74, 6) is 1.55. The van der Waals surface area contributed by atoms with Gasteiger partial charge in [0, 0.05) is 6.07 Å². The average molecular weight is 265 g/mol. The third-order valence-electron chi connectivity index (χ3n) is 2.53. The van der Waals surface area contributed by atoms with Crippen LogP contribution in [0.1, 0.15) is 24.7 Å². The van der Waals surface area contributed by atoms with Crippen molar-refractivity contribution in [1.29, 1.82) is 0 Å². The molecule has 0 bridgehead atoms. The Morgan fingerprint density at radius 1 is 1.56 bits per heavy atom. The minimum atomic E-state index is -0.258. The zero-order valence-corrected chi connectivity index (χ0v) is 10.2. The number of nitrogens with zero attached hydrogens (tertiary/aromatic N) is 5. The molecule has 0 atom stereocenters. The first-order valence-electron chi connectivity index (χ1n) is 5.49. The number of nitrogens with one attached hydrogen (secondary N) is 1. The summed E-state index contributed by atoms with van der Waals surface area (Å²) in [7, 11) is 0. The van der Waals surface area contributed by atoms with Crippen LogP contribution in [0.5, 0.6) is 0 Å². The van der Waals surface area contributed by atoms with Crippen molar-refractivity contribution in [3.05, 3.63) is 22.2 Å². The first-order chi connectivity index (χ1) is 8.72. The number of thioether (sulfide) groups is 1. The topological polar surface area (TPSA) is 115 Å². The molecule has 3 rings (SSSR count). The van der Waals surface area contributed by atoms with Gasteiger partial charge in [-0.3, -0.25) is 4.79 Å². The highest BCUT2D eigenvalue weighted by atomic mass is 32.2. The van der Waals surface area contributed by atoms with Crippen LogP contribution in [-0.4, -0.2) is 30.2 Å². The Bertz CT molecular complexity index is 617. The molecule has 94 valence electrons. The summed E-state index contributed by atoms with van der Waals surface area (Å²) < 4.78 is 1.83. The lowest BCUT2D eigenvalue weighted by atomic mass is 10.6. The Morgan fingerprint density at radius 3 is 3.11 bits per heavy atom. The SMILES string of the molecule is Nc1cc(=O)[nH]c(SCc2nnnn2C2CC2)n1. The summed E-state index contributed by atoms with van der Waals surface area (Å²) in [6, 6.07) is 1.68. The average Bonchev–Trinajstić information content (AvgIpc) is 3.05. The summed E-state index contributed by atoms with van der Waals surface area (Å²) in [5.41, 5.74) is 5.25. The highest BCUT2D eigenvalue weighted by molar-refractivity contribution is 7.98. The number of rotatable bonds is 4. The van der Waals surface area contributed by atoms with E-state index in [1.807, 2.05) is 4.68 Å². The predicted molar refractivity (Wildman–Crippen MR) is 64.9 cm³/mol. The molecule has 1 fully saturated rings. The third kappa shape index (κ3) is 2.35. The fourth-order valence-corrected chi connectivity index (χ4v) is 2.36. The van der Waals surface area contributed by atoms with E-state index in [9.17, 15) is 4.79 Å². The van der Waals surface area contributed by atoms with Crippen LogP contribution in [-0.2, 0) is 5.75 Å². The molecule has 0 radical (unpaired) electrons. The number of hydrogen-bond acceptors (Lipinski definition) is 7. The van der Waals surface area contributed by atoms with E-state index in [1.54, 1.807) is 0 Å². The highest BCUT2D eigenvalue weighted by Gasteiger charge is 2.27. The second-order valence-corrected chi connectivity index (χ2v) is 5.00. The minimum absolute atomic E-state index is 0.211. The van der Waals surface area contributed by atoms with E-state index in [4.69, 9.17) is 5.73 Å². The molecule has 1 aliphatic rings. The summed E-state index contributed by atoms with van der Waals surface area (Å²) in [4.78, 5) is 17.9. The van der Waals surface area contributed by atoms with Crippen molar-refractivity contribution in [3.63, 3.8) is 0 Å². The molecule has 3 N–H and O–H groups in total. The summed E-state index contributed by atoms with van der Waals surface area (Å²) >= 11 is 1.36. The van der Waals surface area contributed by atoms with Crippen LogP contribution < -0.4 is 11.3 Å². The zero-order chi connectivity index (χ0) is 12.5. The molecule has 0 saturated heterocycles. The monoisotopic (exact) mass is 265 g/mol. The fourth-order valence-electron chi connectivity index (χ4n) is 1.56. The number of tetrazole rings is 1. The van der Waals surface area contributed by atoms with Crippen molar-refractivity contribution in [2.45, 2.75) is 29.8 Å². The van der Waals surface area contributed by atoms with Gasteiger partial charge in [-0.2, -0.15) is 0 Å². The van der Waals surface area contributed by atoms with Crippen molar-refractivity contribution in [2.75, 3.05) is 5.73 Å². The van der Waals surface area contributed by atoms with Gasteiger partial charge in [0.2, 0.25) is 0 Å². The molecule has 0 aliphatic heterocycles. The van der Waals surface area contributed by atoms with Crippen LogP contribution in [0.4, 0.5) is 5.82 Å². The third-order valence-corrected chi connectivity index (χ3v) is 3.40. The molecule has 2 aromatic heterocycles. The maximum absolute atomic E-state index is 11.2. The van der Waals surface area contributed by atoms with Gasteiger partial charge in [0.15, 0.2) is 11.0 Å². The second kappa shape index (κ2) is 4.41. The Balaban J connectivity index is 1.73. The van der Waals surface area contributed by atoms with Gasteiger partial charge in [-0.15, -0.1) is 5.10 Å². The second-order valence-electron chi connectivity index (χ2n) is 4.03. The molecule has 0 amide bonds. The molecule has 0 aromatic carbocycles. The van der Waals surface area contributed by atoms with Crippen LogP contribution in [0.15, 0.2) is 16.0 Å². The highest BCUT2D eigenvalue weighted by Crippen LogP contribution is 2.35. The van der Waals surface area contributed by atoms with Crippen LogP contribution in [0.3, 0.4) is 0 Å². The van der Waals surface area contributed by atoms with E-state index in [2.05, 4.69) is 25.5 Å². The first-order valence-corrected chi connectivity index (χ1v) is 6.47. The van der Waals surface area contributed by atoms with Gasteiger partial charge in [0.05, 0.1) is 11.8 Å². The van der Waals surface area contributed by atoms with E-state index in [-0.39, 0.29) is 11.4 Å². The molecule has 18 heavy (non-hydrogen) atoms. The lowest BCUT2D eigenvalue weighted by molar-refractivity contribution is 0.593. The summed E-state index contributed by atoms with van der Waals surface area (Å²) in [6.07, 6.45) is 2.24. The molecule has 8 nitrogen and oxygen atoms in total. The van der Waals surface area contributed by atoms with E-state index >= 15 is 0 Å². The Labute approximate surface area is 106 Å². The van der Waals surface area contributed by atoms with Gasteiger partial charge in [-0.1, -0.05) is 11.8 Å². The van der Waals surface area contributed by atoms with E-state index < -0.39 is 0 Å². The molecule has 1 aliphatic carbocycles. The van der Waals surface area contributed by atoms with Crippen LogP contribution in [0.2, 0.25) is 0 Å². The van der Waals surface area contributed by atoms with Crippen molar-refractivity contribution in [2.24, 2.45) is 0 Å². The van der Waals surface area contributed by atoms with E-state index in [1.165, 1.54) is 17.8 Å². The van der Waals surface area contributed by atoms with E-state index in [0.717, 1.165) is 18.7 Å². The fraction of sp³-hybridized carbons (Fsp3) is 0.444. The van der Waals surface area contributed by atoms with Gasteiger partial charge in [0.1, 0.15) is 5.82 Å². The maximum Gasteiger partial charge on any atom is 0.253 e. The van der Waals surface area contributed by atoms with Gasteiger partial charge >= 0.3 is 0 Å². The number of nitrogens with two attached hydrogens (primary N) is 1. The van der Waals surface area contributed by atoms with Crippen molar-refractivity contribution >= 4 is 17.6 Å². The van der Waals surface area contributed by atoms with Gasteiger partial charge in [-0.25, -0.2) is 9.67 Å². The molecule has 9 heteroatoms. The number of aromatic nitrogens is 6. The van der Waals surface area contributed by atoms with Crippen LogP contribution in [0.25, 0.3) is 0 Å². The number of nitrogen functional groups attached to an aromatic ring is 1. The number of hydrogen-bond donors (Lipinski definition) is 2. The van der Waals surface area contributed by atoms with Crippen molar-refractivity contribution in [3.8, 4) is 0 Å². The lowest BCUT2D eigenvalue weighted by Gasteiger charge is -2.02. The normalized spacial score (nSPS) is 14.9. The molecule has 2 heterocycles. The Morgan fingerprint density at radius 2 is 2.39 bits per heavy atom. The Kier molecular flexibility index (Phi) is 2.74. The lowest BCUT2D eigenvalue weighted by Crippen LogP contribution is -2.10. The number of aromatic amines is 1. The largest absolute Gasteiger partial charge is 0.383 e. The molecule has 0 unspecified atom stereocenters. The predicted octanol–water partition coefficient (Wildman–Crippen LogP) is -0.0342. The molecule has 0 spiro atoms. The minimum Gasteiger partial charge on any atom is -0.383 e. The number of anilines is 1. The Hall–Kier alpha value is -1.90. The molecule has 2 aromatic rings. The summed E-state index contributed by atoms with van der Waals surface area (Å²) in [5, 5.41) is 12.1. The standard InChI is InChI=1S/C9H11N7OS/c10-6-3-8(17)12-9(11-6)18-4-7-13-14-15-16(7)5-1-2-5/h3,5H,1-2,4H2,(H3,10,11,12,17). The van der Waals surface area contributed by atoms with Gasteiger partial charge in [0.25, 0.3) is 5.56 Å². The van der Waals surface area contributed by atoms with E-state index in [0.29, 0.717) is 17.0 Å². The maximum atomic E-state index is 11.2. The quantitative estimate of drug-likeness (QED) is 0.589. The first kappa shape index (κ1) is 11.2. The van der Waals surface area contributed by atoms with Gasteiger partial charge in [-0.05, 0) is 23.3 Å². The summed E-state index contributed by atoms with van der Waals surface area (Å²) in [6.45, 7) is 0. The molecular formula is C9H11N7OS. The van der Waals surface area contributed by atoms with Crippen LogP contribution in [0, 0.1) is 0 Å². The zero-order valence-electron chi connectivity index (χ0n) is 9.41. The number of H-pyrrole nitrogens is 1. The van der Waals surface area contributed by atoms with Gasteiger partial charge < -0.3 is 10.7 Å². The van der Waals surface area contributed by atoms with Crippen molar-refractivity contribution < 1.29 is 0 Å². The molecular weight excluding hydrogens is 254 g/mol. The van der Waals surface area contributed by atoms with Crippen LogP contribution >= 0.6 is 11.8 Å². The smallest absolute Gasteiger partial charge is 0.253 e. The van der Waals surface area contributed by atoms with Crippen molar-refractivity contribution in [1.82, 2.24) is 30.2 Å².